The number of hydrogen-bond acceptors (Lipinski definition) is 2. The summed E-state index contributed by atoms with van der Waals surface area (Å²) in [5, 5.41) is 6.44. The predicted molar refractivity (Wildman–Crippen MR) is 105 cm³/mol. The molecular formula is C17H29FIN3O. The van der Waals surface area contributed by atoms with Crippen molar-refractivity contribution in [2.75, 3.05) is 33.4 Å². The van der Waals surface area contributed by atoms with Gasteiger partial charge < -0.3 is 15.4 Å². The Kier molecular flexibility index (Phi) is 13.0. The second kappa shape index (κ2) is 13.5. The molecule has 0 bridgehead atoms. The van der Waals surface area contributed by atoms with E-state index in [4.69, 9.17) is 4.74 Å². The minimum Gasteiger partial charge on any atom is -0.380 e. The van der Waals surface area contributed by atoms with E-state index in [-0.39, 0.29) is 29.8 Å². The van der Waals surface area contributed by atoms with Crippen LogP contribution >= 0.6 is 24.0 Å². The number of benzene rings is 1. The molecule has 1 aromatic rings. The van der Waals surface area contributed by atoms with Gasteiger partial charge in [-0.15, -0.1) is 24.0 Å². The SMILES string of the molecule is CN=C(NCCOCCC(C)C)NCCc1ccc(F)cc1.I. The van der Waals surface area contributed by atoms with E-state index < -0.39 is 0 Å². The van der Waals surface area contributed by atoms with Crippen molar-refractivity contribution in [2.24, 2.45) is 10.9 Å². The van der Waals surface area contributed by atoms with E-state index in [0.29, 0.717) is 12.5 Å². The number of ether oxygens (including phenoxy) is 1. The predicted octanol–water partition coefficient (Wildman–Crippen LogP) is 3.21. The molecule has 2 N–H and O–H groups in total. The molecule has 4 nitrogen and oxygen atoms in total. The number of nitrogens with zero attached hydrogens (tertiary/aromatic N) is 1. The average Bonchev–Trinajstić information content (AvgIpc) is 2.50. The van der Waals surface area contributed by atoms with Crippen LogP contribution in [-0.4, -0.2) is 39.3 Å². The molecule has 0 amide bonds. The zero-order valence-electron chi connectivity index (χ0n) is 14.3. The van der Waals surface area contributed by atoms with Gasteiger partial charge in [0.2, 0.25) is 0 Å². The van der Waals surface area contributed by atoms with E-state index in [0.717, 1.165) is 44.1 Å². The summed E-state index contributed by atoms with van der Waals surface area (Å²) in [6.45, 7) is 7.33. The van der Waals surface area contributed by atoms with Gasteiger partial charge in [0, 0.05) is 26.7 Å². The molecule has 0 unspecified atom stereocenters. The van der Waals surface area contributed by atoms with Crippen LogP contribution in [0, 0.1) is 11.7 Å². The highest BCUT2D eigenvalue weighted by Gasteiger charge is 1.99. The van der Waals surface area contributed by atoms with E-state index in [1.165, 1.54) is 12.1 Å². The first-order valence-electron chi connectivity index (χ1n) is 7.88. The first-order chi connectivity index (χ1) is 10.6. The van der Waals surface area contributed by atoms with Crippen LogP contribution in [-0.2, 0) is 11.2 Å². The van der Waals surface area contributed by atoms with Gasteiger partial charge in [0.1, 0.15) is 5.82 Å². The van der Waals surface area contributed by atoms with Gasteiger partial charge in [0.05, 0.1) is 6.61 Å². The summed E-state index contributed by atoms with van der Waals surface area (Å²) in [7, 11) is 1.74. The van der Waals surface area contributed by atoms with Crippen LogP contribution in [0.5, 0.6) is 0 Å². The molecule has 0 fully saturated rings. The van der Waals surface area contributed by atoms with Crippen molar-refractivity contribution in [3.8, 4) is 0 Å². The van der Waals surface area contributed by atoms with Gasteiger partial charge >= 0.3 is 0 Å². The molecule has 0 radical (unpaired) electrons. The van der Waals surface area contributed by atoms with Crippen LogP contribution in [0.25, 0.3) is 0 Å². The molecule has 0 aliphatic rings. The van der Waals surface area contributed by atoms with E-state index in [2.05, 4.69) is 29.5 Å². The third-order valence-corrected chi connectivity index (χ3v) is 3.22. The summed E-state index contributed by atoms with van der Waals surface area (Å²) < 4.78 is 18.4. The Morgan fingerprint density at radius 1 is 1.13 bits per heavy atom. The van der Waals surface area contributed by atoms with Crippen molar-refractivity contribution < 1.29 is 9.13 Å². The zero-order valence-corrected chi connectivity index (χ0v) is 16.6. The van der Waals surface area contributed by atoms with Crippen molar-refractivity contribution in [2.45, 2.75) is 26.7 Å². The summed E-state index contributed by atoms with van der Waals surface area (Å²) in [6, 6.07) is 6.57. The lowest BCUT2D eigenvalue weighted by atomic mass is 10.1. The molecule has 0 saturated heterocycles. The highest BCUT2D eigenvalue weighted by Crippen LogP contribution is 2.02. The maximum absolute atomic E-state index is 12.8. The Labute approximate surface area is 156 Å². The number of nitrogens with one attached hydrogen (secondary N) is 2. The molecule has 0 saturated carbocycles. The van der Waals surface area contributed by atoms with Gasteiger partial charge in [-0.2, -0.15) is 0 Å². The molecule has 0 aliphatic carbocycles. The lowest BCUT2D eigenvalue weighted by Crippen LogP contribution is -2.39. The second-order valence-electron chi connectivity index (χ2n) is 5.60. The van der Waals surface area contributed by atoms with Crippen LogP contribution in [0.15, 0.2) is 29.3 Å². The van der Waals surface area contributed by atoms with Crippen LogP contribution < -0.4 is 10.6 Å². The van der Waals surface area contributed by atoms with Gasteiger partial charge in [-0.05, 0) is 36.5 Å². The first-order valence-corrected chi connectivity index (χ1v) is 7.88. The fourth-order valence-electron chi connectivity index (χ4n) is 1.86. The third-order valence-electron chi connectivity index (χ3n) is 3.22. The number of aliphatic imine (C=N–C) groups is 1. The molecule has 0 spiro atoms. The van der Waals surface area contributed by atoms with Gasteiger partial charge in [-0.1, -0.05) is 26.0 Å². The Morgan fingerprint density at radius 3 is 2.39 bits per heavy atom. The fourth-order valence-corrected chi connectivity index (χ4v) is 1.86. The summed E-state index contributed by atoms with van der Waals surface area (Å²) in [5.74, 6) is 1.23. The van der Waals surface area contributed by atoms with Gasteiger partial charge in [0.25, 0.3) is 0 Å². The van der Waals surface area contributed by atoms with Gasteiger partial charge in [0.15, 0.2) is 5.96 Å². The molecule has 132 valence electrons. The first kappa shape index (κ1) is 22.1. The lowest BCUT2D eigenvalue weighted by Gasteiger charge is -2.12. The van der Waals surface area contributed by atoms with Crippen LogP contribution in [0.2, 0.25) is 0 Å². The summed E-state index contributed by atoms with van der Waals surface area (Å²) in [6.07, 6.45) is 1.91. The Hall–Kier alpha value is -0.890. The van der Waals surface area contributed by atoms with E-state index >= 15 is 0 Å². The maximum atomic E-state index is 12.8. The smallest absolute Gasteiger partial charge is 0.191 e. The van der Waals surface area contributed by atoms with Crippen molar-refractivity contribution in [1.82, 2.24) is 10.6 Å². The normalized spacial score (nSPS) is 11.3. The molecule has 0 atom stereocenters. The molecule has 23 heavy (non-hydrogen) atoms. The van der Waals surface area contributed by atoms with Crippen molar-refractivity contribution in [3.63, 3.8) is 0 Å². The van der Waals surface area contributed by atoms with Crippen molar-refractivity contribution in [3.05, 3.63) is 35.6 Å². The minimum atomic E-state index is -0.202. The summed E-state index contributed by atoms with van der Waals surface area (Å²) >= 11 is 0. The number of halogens is 2. The molecule has 1 rings (SSSR count). The maximum Gasteiger partial charge on any atom is 0.191 e. The van der Waals surface area contributed by atoms with E-state index in [1.54, 1.807) is 19.2 Å². The molecular weight excluding hydrogens is 408 g/mol. The van der Waals surface area contributed by atoms with Crippen molar-refractivity contribution >= 4 is 29.9 Å². The molecule has 0 aliphatic heterocycles. The minimum absolute atomic E-state index is 0. The quantitative estimate of drug-likeness (QED) is 0.270. The number of guanidine groups is 1. The van der Waals surface area contributed by atoms with Gasteiger partial charge in [-0.25, -0.2) is 4.39 Å². The van der Waals surface area contributed by atoms with Crippen LogP contribution in [0.1, 0.15) is 25.8 Å². The second-order valence-corrected chi connectivity index (χ2v) is 5.60. The molecule has 1 aromatic carbocycles. The van der Waals surface area contributed by atoms with E-state index in [9.17, 15) is 4.39 Å². The number of rotatable bonds is 9. The Bertz CT molecular complexity index is 438. The summed E-state index contributed by atoms with van der Waals surface area (Å²) in [5.41, 5.74) is 1.10. The lowest BCUT2D eigenvalue weighted by molar-refractivity contribution is 0.128. The Morgan fingerprint density at radius 2 is 1.78 bits per heavy atom. The van der Waals surface area contributed by atoms with E-state index in [1.807, 2.05) is 0 Å². The zero-order chi connectivity index (χ0) is 16.2. The highest BCUT2D eigenvalue weighted by molar-refractivity contribution is 14.0. The molecule has 6 heteroatoms. The summed E-state index contributed by atoms with van der Waals surface area (Å²) in [4.78, 5) is 4.16. The fraction of sp³-hybridized carbons (Fsp3) is 0.588. The molecule has 0 heterocycles. The van der Waals surface area contributed by atoms with Crippen LogP contribution in [0.4, 0.5) is 4.39 Å². The standard InChI is InChI=1S/C17H28FN3O.HI/c1-14(2)9-12-22-13-11-21-17(19-3)20-10-8-15-4-6-16(18)7-5-15;/h4-7,14H,8-13H2,1-3H3,(H2,19,20,21);1H. The Balaban J connectivity index is 0.00000484. The number of hydrogen-bond donors (Lipinski definition) is 2. The topological polar surface area (TPSA) is 45.7 Å². The van der Waals surface area contributed by atoms with Crippen molar-refractivity contribution in [1.29, 1.82) is 0 Å². The highest BCUT2D eigenvalue weighted by atomic mass is 127. The van der Waals surface area contributed by atoms with Crippen LogP contribution in [0.3, 0.4) is 0 Å². The largest absolute Gasteiger partial charge is 0.380 e. The molecule has 0 aromatic heterocycles. The van der Waals surface area contributed by atoms with Gasteiger partial charge in [-0.3, -0.25) is 4.99 Å². The average molecular weight is 437 g/mol. The third kappa shape index (κ3) is 11.3. The monoisotopic (exact) mass is 437 g/mol.